The lowest BCUT2D eigenvalue weighted by atomic mass is 10.1. The number of fused-ring (bicyclic) bond motifs is 1. The van der Waals surface area contributed by atoms with Crippen LogP contribution in [0.25, 0.3) is 21.5 Å². The third kappa shape index (κ3) is 3.67. The number of hydrogen-bond acceptors (Lipinski definition) is 6. The number of pyridine rings is 1. The molecule has 2 aromatic carbocycles. The summed E-state index contributed by atoms with van der Waals surface area (Å²) < 4.78 is 10.6. The van der Waals surface area contributed by atoms with Crippen molar-refractivity contribution >= 4 is 33.0 Å². The van der Waals surface area contributed by atoms with Crippen LogP contribution in [0.15, 0.2) is 60.7 Å². The molecule has 0 atom stereocenters. The van der Waals surface area contributed by atoms with Gasteiger partial charge in [0.2, 0.25) is 5.78 Å². The molecule has 4 aromatic rings. The quantitative estimate of drug-likeness (QED) is 0.448. The SMILES string of the molecule is CCOc1ccc(C(=O)c2sc3nc(-c4ccc(OC)cc4)ccc3c2N)cc1. The predicted molar refractivity (Wildman–Crippen MR) is 117 cm³/mol. The van der Waals surface area contributed by atoms with E-state index in [4.69, 9.17) is 20.2 Å². The number of ether oxygens (including phenoxy) is 2. The maximum Gasteiger partial charge on any atom is 0.205 e. The zero-order chi connectivity index (χ0) is 20.4. The van der Waals surface area contributed by atoms with Crippen LogP contribution in [0.5, 0.6) is 11.5 Å². The Labute approximate surface area is 172 Å². The van der Waals surface area contributed by atoms with Gasteiger partial charge in [0.25, 0.3) is 0 Å². The number of benzene rings is 2. The van der Waals surface area contributed by atoms with Gasteiger partial charge in [-0.3, -0.25) is 4.79 Å². The molecule has 0 aliphatic carbocycles. The van der Waals surface area contributed by atoms with Crippen molar-refractivity contribution in [1.82, 2.24) is 4.98 Å². The van der Waals surface area contributed by atoms with Gasteiger partial charge in [-0.2, -0.15) is 0 Å². The smallest absolute Gasteiger partial charge is 0.205 e. The number of hydrogen-bond donors (Lipinski definition) is 1. The highest BCUT2D eigenvalue weighted by atomic mass is 32.1. The molecule has 0 spiro atoms. The van der Waals surface area contributed by atoms with E-state index in [9.17, 15) is 4.79 Å². The topological polar surface area (TPSA) is 74.4 Å². The van der Waals surface area contributed by atoms with E-state index >= 15 is 0 Å². The lowest BCUT2D eigenvalue weighted by Gasteiger charge is -2.04. The Morgan fingerprint density at radius 2 is 1.69 bits per heavy atom. The third-order valence-electron chi connectivity index (χ3n) is 4.61. The van der Waals surface area contributed by atoms with Crippen LogP contribution in [0.4, 0.5) is 5.69 Å². The maximum atomic E-state index is 13.0. The summed E-state index contributed by atoms with van der Waals surface area (Å²) in [5, 5.41) is 0.793. The minimum atomic E-state index is -0.112. The number of anilines is 1. The van der Waals surface area contributed by atoms with Crippen LogP contribution in [0.2, 0.25) is 0 Å². The van der Waals surface area contributed by atoms with Crippen LogP contribution in [-0.4, -0.2) is 24.5 Å². The summed E-state index contributed by atoms with van der Waals surface area (Å²) in [7, 11) is 1.64. The molecular formula is C23H20N2O3S. The largest absolute Gasteiger partial charge is 0.497 e. The zero-order valence-electron chi connectivity index (χ0n) is 16.1. The monoisotopic (exact) mass is 404 g/mol. The number of nitrogen functional groups attached to an aromatic ring is 1. The second-order valence-corrected chi connectivity index (χ2v) is 7.41. The average Bonchev–Trinajstić information content (AvgIpc) is 3.10. The molecule has 0 amide bonds. The highest BCUT2D eigenvalue weighted by Crippen LogP contribution is 2.36. The van der Waals surface area contributed by atoms with Crippen LogP contribution < -0.4 is 15.2 Å². The highest BCUT2D eigenvalue weighted by molar-refractivity contribution is 7.21. The van der Waals surface area contributed by atoms with Crippen molar-refractivity contribution < 1.29 is 14.3 Å². The van der Waals surface area contributed by atoms with Gasteiger partial charge in [0.15, 0.2) is 0 Å². The first-order chi connectivity index (χ1) is 14.1. The Bertz CT molecular complexity index is 1170. The van der Waals surface area contributed by atoms with Crippen LogP contribution in [-0.2, 0) is 0 Å². The number of carbonyl (C=O) groups is 1. The fourth-order valence-electron chi connectivity index (χ4n) is 3.09. The van der Waals surface area contributed by atoms with E-state index in [0.29, 0.717) is 22.7 Å². The first kappa shape index (κ1) is 19.0. The number of methoxy groups -OCH3 is 1. The number of nitrogens with zero attached hydrogens (tertiary/aromatic N) is 1. The molecule has 146 valence electrons. The molecule has 0 fully saturated rings. The fraction of sp³-hybridized carbons (Fsp3) is 0.130. The van der Waals surface area contributed by atoms with E-state index in [1.807, 2.05) is 43.3 Å². The van der Waals surface area contributed by atoms with E-state index in [0.717, 1.165) is 33.0 Å². The van der Waals surface area contributed by atoms with Crippen molar-refractivity contribution in [1.29, 1.82) is 0 Å². The molecule has 0 aliphatic rings. The Morgan fingerprint density at radius 3 is 2.34 bits per heavy atom. The molecule has 4 rings (SSSR count). The van der Waals surface area contributed by atoms with Crippen LogP contribution in [0.3, 0.4) is 0 Å². The molecule has 0 saturated carbocycles. The predicted octanol–water partition coefficient (Wildman–Crippen LogP) is 5.18. The molecule has 29 heavy (non-hydrogen) atoms. The molecule has 0 unspecified atom stereocenters. The summed E-state index contributed by atoms with van der Waals surface area (Å²) >= 11 is 1.32. The Kier molecular flexibility index (Phi) is 5.18. The number of thiophene rings is 1. The van der Waals surface area contributed by atoms with E-state index in [1.165, 1.54) is 11.3 Å². The summed E-state index contributed by atoms with van der Waals surface area (Å²) in [6, 6.07) is 18.6. The van der Waals surface area contributed by atoms with E-state index < -0.39 is 0 Å². The fourth-order valence-corrected chi connectivity index (χ4v) is 4.14. The minimum Gasteiger partial charge on any atom is -0.497 e. The Hall–Kier alpha value is -3.38. The van der Waals surface area contributed by atoms with Crippen LogP contribution >= 0.6 is 11.3 Å². The summed E-state index contributed by atoms with van der Waals surface area (Å²) in [6.45, 7) is 2.50. The van der Waals surface area contributed by atoms with Gasteiger partial charge in [0.05, 0.1) is 25.1 Å². The molecule has 5 nitrogen and oxygen atoms in total. The summed E-state index contributed by atoms with van der Waals surface area (Å²) in [5.41, 5.74) is 9.12. The van der Waals surface area contributed by atoms with Gasteiger partial charge in [-0.05, 0) is 67.6 Å². The van der Waals surface area contributed by atoms with E-state index in [2.05, 4.69) is 0 Å². The first-order valence-electron chi connectivity index (χ1n) is 9.21. The normalized spacial score (nSPS) is 10.8. The summed E-state index contributed by atoms with van der Waals surface area (Å²) in [5.74, 6) is 1.41. The van der Waals surface area contributed by atoms with Gasteiger partial charge in [0, 0.05) is 16.5 Å². The first-order valence-corrected chi connectivity index (χ1v) is 10.0. The van der Waals surface area contributed by atoms with Crippen LogP contribution in [0.1, 0.15) is 22.2 Å². The van der Waals surface area contributed by atoms with Crippen molar-refractivity contribution in [3.05, 3.63) is 71.1 Å². The average molecular weight is 404 g/mol. The molecule has 2 heterocycles. The number of rotatable bonds is 6. The molecule has 2 aromatic heterocycles. The van der Waals surface area contributed by atoms with E-state index in [1.54, 1.807) is 31.4 Å². The second kappa shape index (κ2) is 7.93. The molecule has 6 heteroatoms. The van der Waals surface area contributed by atoms with Crippen molar-refractivity contribution in [2.24, 2.45) is 0 Å². The second-order valence-electron chi connectivity index (χ2n) is 6.41. The molecule has 2 N–H and O–H groups in total. The Morgan fingerprint density at radius 1 is 1.00 bits per heavy atom. The van der Waals surface area contributed by atoms with Gasteiger partial charge in [0.1, 0.15) is 21.2 Å². The minimum absolute atomic E-state index is 0.112. The standard InChI is InChI=1S/C23H20N2O3S/c1-3-28-17-10-6-15(7-11-17)21(26)22-20(24)18-12-13-19(25-23(18)29-22)14-4-8-16(27-2)9-5-14/h4-13H,3,24H2,1-2H3. The van der Waals surface area contributed by atoms with Crippen LogP contribution in [0, 0.1) is 0 Å². The lowest BCUT2D eigenvalue weighted by Crippen LogP contribution is -2.02. The van der Waals surface area contributed by atoms with Gasteiger partial charge >= 0.3 is 0 Å². The van der Waals surface area contributed by atoms with Gasteiger partial charge in [-0.1, -0.05) is 0 Å². The van der Waals surface area contributed by atoms with Gasteiger partial charge in [-0.25, -0.2) is 4.98 Å². The number of ketones is 1. The molecule has 0 aliphatic heterocycles. The van der Waals surface area contributed by atoms with E-state index in [-0.39, 0.29) is 5.78 Å². The molecule has 0 bridgehead atoms. The van der Waals surface area contributed by atoms with Gasteiger partial charge in [-0.15, -0.1) is 11.3 Å². The maximum absolute atomic E-state index is 13.0. The van der Waals surface area contributed by atoms with Crippen molar-refractivity contribution in [3.63, 3.8) is 0 Å². The number of aromatic nitrogens is 1. The van der Waals surface area contributed by atoms with Crippen molar-refractivity contribution in [2.45, 2.75) is 6.92 Å². The molecular weight excluding hydrogens is 384 g/mol. The molecule has 0 radical (unpaired) electrons. The van der Waals surface area contributed by atoms with Gasteiger partial charge < -0.3 is 15.2 Å². The molecule has 0 saturated heterocycles. The highest BCUT2D eigenvalue weighted by Gasteiger charge is 2.19. The summed E-state index contributed by atoms with van der Waals surface area (Å²) in [6.07, 6.45) is 0. The number of nitrogens with two attached hydrogens (primary N) is 1. The van der Waals surface area contributed by atoms with Crippen molar-refractivity contribution in [3.8, 4) is 22.8 Å². The zero-order valence-corrected chi connectivity index (χ0v) is 17.0. The number of carbonyl (C=O) groups excluding carboxylic acids is 1. The third-order valence-corrected chi connectivity index (χ3v) is 5.73. The lowest BCUT2D eigenvalue weighted by molar-refractivity contribution is 0.104. The Balaban J connectivity index is 1.68. The van der Waals surface area contributed by atoms with Crippen molar-refractivity contribution in [2.75, 3.05) is 19.5 Å². The summed E-state index contributed by atoms with van der Waals surface area (Å²) in [4.78, 5) is 18.9.